The number of hydrogen-bond donors (Lipinski definition) is 2. The molecular formula is C20H19N5O5. The van der Waals surface area contributed by atoms with Crippen LogP contribution in [0.3, 0.4) is 0 Å². The van der Waals surface area contributed by atoms with E-state index in [4.69, 9.17) is 14.2 Å². The van der Waals surface area contributed by atoms with Crippen molar-refractivity contribution in [1.82, 2.24) is 9.97 Å². The van der Waals surface area contributed by atoms with Gasteiger partial charge in [0.1, 0.15) is 25.3 Å². The maximum Gasteiger partial charge on any atom is 0.353 e. The largest absolute Gasteiger partial charge is 0.494 e. The second-order valence-electron chi connectivity index (χ2n) is 6.24. The van der Waals surface area contributed by atoms with Crippen LogP contribution >= 0.6 is 0 Å². The summed E-state index contributed by atoms with van der Waals surface area (Å²) in [5.41, 5.74) is 0.930. The monoisotopic (exact) mass is 409 g/mol. The van der Waals surface area contributed by atoms with Gasteiger partial charge in [-0.15, -0.1) is 0 Å². The molecule has 0 amide bonds. The molecule has 0 saturated carbocycles. The highest BCUT2D eigenvalue weighted by Gasteiger charge is 2.24. The van der Waals surface area contributed by atoms with E-state index in [1.165, 1.54) is 6.33 Å². The number of ether oxygens (including phenoxy) is 3. The zero-order valence-corrected chi connectivity index (χ0v) is 16.1. The van der Waals surface area contributed by atoms with Gasteiger partial charge in [-0.1, -0.05) is 0 Å². The fourth-order valence-corrected chi connectivity index (χ4v) is 2.93. The van der Waals surface area contributed by atoms with Gasteiger partial charge in [0.25, 0.3) is 0 Å². The summed E-state index contributed by atoms with van der Waals surface area (Å²) in [6.07, 6.45) is 1.25. The van der Waals surface area contributed by atoms with Gasteiger partial charge in [-0.3, -0.25) is 10.1 Å². The number of anilines is 4. The Morgan fingerprint density at radius 1 is 1.00 bits per heavy atom. The molecule has 0 bridgehead atoms. The maximum atomic E-state index is 11.8. The van der Waals surface area contributed by atoms with Crippen molar-refractivity contribution in [3.63, 3.8) is 0 Å². The number of nitro groups is 1. The van der Waals surface area contributed by atoms with E-state index >= 15 is 0 Å². The normalized spacial score (nSPS) is 12.2. The molecular weight excluding hydrogens is 390 g/mol. The van der Waals surface area contributed by atoms with Crippen LogP contribution in [0.5, 0.6) is 17.2 Å². The predicted molar refractivity (Wildman–Crippen MR) is 110 cm³/mol. The Morgan fingerprint density at radius 3 is 2.30 bits per heavy atom. The molecule has 2 N–H and O–H groups in total. The molecule has 3 aromatic rings. The van der Waals surface area contributed by atoms with Gasteiger partial charge < -0.3 is 24.8 Å². The maximum absolute atomic E-state index is 11.8. The van der Waals surface area contributed by atoms with E-state index in [0.717, 1.165) is 0 Å². The first-order valence-electron chi connectivity index (χ1n) is 9.30. The third-order valence-electron chi connectivity index (χ3n) is 4.24. The Balaban J connectivity index is 1.60. The van der Waals surface area contributed by atoms with Gasteiger partial charge >= 0.3 is 5.69 Å². The first-order valence-corrected chi connectivity index (χ1v) is 9.30. The van der Waals surface area contributed by atoms with Gasteiger partial charge in [-0.05, 0) is 43.3 Å². The molecule has 10 nitrogen and oxygen atoms in total. The van der Waals surface area contributed by atoms with Crippen LogP contribution in [-0.4, -0.2) is 34.7 Å². The minimum absolute atomic E-state index is 0.0557. The SMILES string of the molecule is CCOc1ccc(Nc2ncnc(Nc3ccc4c(c3)OCCO4)c2[N+](=O)[O-])cc1. The van der Waals surface area contributed by atoms with Gasteiger partial charge in [0.2, 0.25) is 11.6 Å². The van der Waals surface area contributed by atoms with Crippen molar-refractivity contribution < 1.29 is 19.1 Å². The highest BCUT2D eigenvalue weighted by atomic mass is 16.6. The van der Waals surface area contributed by atoms with Gasteiger partial charge in [0, 0.05) is 17.4 Å². The summed E-state index contributed by atoms with van der Waals surface area (Å²) >= 11 is 0. The molecule has 0 fully saturated rings. The van der Waals surface area contributed by atoms with Crippen LogP contribution < -0.4 is 24.8 Å². The van der Waals surface area contributed by atoms with E-state index in [1.54, 1.807) is 42.5 Å². The lowest BCUT2D eigenvalue weighted by atomic mass is 10.2. The third kappa shape index (κ3) is 4.17. The van der Waals surface area contributed by atoms with E-state index in [2.05, 4.69) is 20.6 Å². The van der Waals surface area contributed by atoms with Crippen LogP contribution in [0.4, 0.5) is 28.7 Å². The lowest BCUT2D eigenvalue weighted by Gasteiger charge is -2.19. The molecule has 0 radical (unpaired) electrons. The topological polar surface area (TPSA) is 121 Å². The second kappa shape index (κ2) is 8.52. The molecule has 1 aliphatic heterocycles. The molecule has 0 unspecified atom stereocenters. The van der Waals surface area contributed by atoms with E-state index in [1.807, 2.05) is 6.92 Å². The summed E-state index contributed by atoms with van der Waals surface area (Å²) in [5.74, 6) is 2.03. The summed E-state index contributed by atoms with van der Waals surface area (Å²) in [6.45, 7) is 3.38. The minimum atomic E-state index is -0.531. The number of benzene rings is 2. The average molecular weight is 409 g/mol. The van der Waals surface area contributed by atoms with Crippen molar-refractivity contribution >= 4 is 28.7 Å². The molecule has 1 aromatic heterocycles. The van der Waals surface area contributed by atoms with Crippen LogP contribution in [0.25, 0.3) is 0 Å². The zero-order chi connectivity index (χ0) is 20.9. The van der Waals surface area contributed by atoms with Crippen LogP contribution in [0.2, 0.25) is 0 Å². The minimum Gasteiger partial charge on any atom is -0.494 e. The van der Waals surface area contributed by atoms with Crippen molar-refractivity contribution in [2.75, 3.05) is 30.5 Å². The van der Waals surface area contributed by atoms with Crippen molar-refractivity contribution in [2.24, 2.45) is 0 Å². The van der Waals surface area contributed by atoms with E-state index < -0.39 is 4.92 Å². The number of fused-ring (bicyclic) bond motifs is 1. The first kappa shape index (κ1) is 19.2. The van der Waals surface area contributed by atoms with Crippen molar-refractivity contribution in [2.45, 2.75) is 6.92 Å². The van der Waals surface area contributed by atoms with Gasteiger partial charge in [-0.25, -0.2) is 9.97 Å². The average Bonchev–Trinajstić information content (AvgIpc) is 2.75. The summed E-state index contributed by atoms with van der Waals surface area (Å²) in [7, 11) is 0. The number of nitrogens with one attached hydrogen (secondary N) is 2. The molecule has 154 valence electrons. The summed E-state index contributed by atoms with van der Waals surface area (Å²) in [4.78, 5) is 19.3. The molecule has 1 aliphatic rings. The van der Waals surface area contributed by atoms with Crippen molar-refractivity contribution in [3.8, 4) is 17.2 Å². The third-order valence-corrected chi connectivity index (χ3v) is 4.24. The highest BCUT2D eigenvalue weighted by Crippen LogP contribution is 2.36. The molecule has 30 heavy (non-hydrogen) atoms. The first-order chi connectivity index (χ1) is 14.6. The van der Waals surface area contributed by atoms with Crippen LogP contribution in [0.1, 0.15) is 6.92 Å². The smallest absolute Gasteiger partial charge is 0.353 e. The molecule has 0 aliphatic carbocycles. The molecule has 0 saturated heterocycles. The van der Waals surface area contributed by atoms with Crippen LogP contribution in [0.15, 0.2) is 48.8 Å². The lowest BCUT2D eigenvalue weighted by molar-refractivity contribution is -0.383. The molecule has 10 heteroatoms. The zero-order valence-electron chi connectivity index (χ0n) is 16.1. The Kier molecular flexibility index (Phi) is 5.46. The van der Waals surface area contributed by atoms with Gasteiger partial charge in [-0.2, -0.15) is 0 Å². The molecule has 2 heterocycles. The van der Waals surface area contributed by atoms with E-state index in [0.29, 0.717) is 48.4 Å². The fraction of sp³-hybridized carbons (Fsp3) is 0.200. The highest BCUT2D eigenvalue weighted by molar-refractivity contribution is 5.77. The number of aromatic nitrogens is 2. The van der Waals surface area contributed by atoms with E-state index in [-0.39, 0.29) is 17.3 Å². The molecule has 0 spiro atoms. The van der Waals surface area contributed by atoms with Crippen molar-refractivity contribution in [3.05, 3.63) is 58.9 Å². The van der Waals surface area contributed by atoms with Crippen LogP contribution in [0, 0.1) is 10.1 Å². The predicted octanol–water partition coefficient (Wildman–Crippen LogP) is 4.04. The Hall–Kier alpha value is -4.08. The molecule has 4 rings (SSSR count). The second-order valence-corrected chi connectivity index (χ2v) is 6.24. The van der Waals surface area contributed by atoms with Gasteiger partial charge in [0.15, 0.2) is 11.5 Å². The fourth-order valence-electron chi connectivity index (χ4n) is 2.93. The van der Waals surface area contributed by atoms with Gasteiger partial charge in [0.05, 0.1) is 11.5 Å². The molecule has 0 atom stereocenters. The Morgan fingerprint density at radius 2 is 1.63 bits per heavy atom. The standard InChI is InChI=1S/C20H19N5O5/c1-2-28-15-6-3-13(4-7-15)23-19-18(25(26)27)20(22-12-21-19)24-14-5-8-16-17(11-14)30-10-9-29-16/h3-8,11-12H,2,9-10H2,1H3,(H2,21,22,23,24). The molecule has 2 aromatic carbocycles. The quantitative estimate of drug-likeness (QED) is 0.440. The van der Waals surface area contributed by atoms with E-state index in [9.17, 15) is 10.1 Å². The Bertz CT molecular complexity index is 1060. The van der Waals surface area contributed by atoms with Crippen molar-refractivity contribution in [1.29, 1.82) is 0 Å². The summed E-state index contributed by atoms with van der Waals surface area (Å²) in [6, 6.07) is 12.2. The summed E-state index contributed by atoms with van der Waals surface area (Å²) < 4.78 is 16.5. The summed E-state index contributed by atoms with van der Waals surface area (Å²) in [5, 5.41) is 17.7. The van der Waals surface area contributed by atoms with Crippen LogP contribution in [-0.2, 0) is 0 Å². The number of rotatable bonds is 7. The number of hydrogen-bond acceptors (Lipinski definition) is 9. The Labute approximate surface area is 172 Å². The lowest BCUT2D eigenvalue weighted by Crippen LogP contribution is -2.15. The number of nitrogens with zero attached hydrogens (tertiary/aromatic N) is 3.